The van der Waals surface area contributed by atoms with Gasteiger partial charge in [0.1, 0.15) is 13.2 Å². The van der Waals surface area contributed by atoms with E-state index in [2.05, 4.69) is 142 Å². The molecule has 0 heterocycles. The van der Waals surface area contributed by atoms with E-state index in [0.29, 0.717) is 12.8 Å². The Labute approximate surface area is 403 Å². The van der Waals surface area contributed by atoms with Crippen LogP contribution in [0, 0.1) is 0 Å². The lowest BCUT2D eigenvalue weighted by atomic mass is 10.1. The average molecular weight is 907 g/mol. The van der Waals surface area contributed by atoms with E-state index in [1.807, 2.05) is 36.5 Å². The zero-order valence-corrected chi connectivity index (χ0v) is 41.6. The Hall–Kier alpha value is -4.97. The maximum Gasteiger partial charge on any atom is 0.306 e. The van der Waals surface area contributed by atoms with Gasteiger partial charge in [-0.3, -0.25) is 14.4 Å². The maximum atomic E-state index is 12.8. The van der Waals surface area contributed by atoms with Gasteiger partial charge < -0.3 is 14.2 Å². The molecule has 6 nitrogen and oxygen atoms in total. The Morgan fingerprint density at radius 3 is 1.12 bits per heavy atom. The number of rotatable bonds is 43. The third-order valence-corrected chi connectivity index (χ3v) is 9.87. The van der Waals surface area contributed by atoms with Gasteiger partial charge in [0.05, 0.1) is 0 Å². The molecule has 1 unspecified atom stereocenters. The van der Waals surface area contributed by atoms with Gasteiger partial charge in [0, 0.05) is 19.3 Å². The van der Waals surface area contributed by atoms with Crippen molar-refractivity contribution in [1.82, 2.24) is 0 Å². The van der Waals surface area contributed by atoms with Crippen molar-refractivity contribution in [2.24, 2.45) is 0 Å². The molecular formula is C60H90O6. The van der Waals surface area contributed by atoms with Gasteiger partial charge in [-0.05, 0) is 109 Å². The minimum atomic E-state index is -0.838. The summed E-state index contributed by atoms with van der Waals surface area (Å²) in [5.74, 6) is -1.08. The molecule has 0 bridgehead atoms. The van der Waals surface area contributed by atoms with Crippen molar-refractivity contribution in [2.45, 2.75) is 187 Å². The number of carbonyl (C=O) groups is 3. The van der Waals surface area contributed by atoms with Crippen LogP contribution in [-0.4, -0.2) is 37.2 Å². The molecule has 0 aliphatic heterocycles. The summed E-state index contributed by atoms with van der Waals surface area (Å²) in [5, 5.41) is 0. The van der Waals surface area contributed by atoms with E-state index in [4.69, 9.17) is 14.2 Å². The fourth-order valence-corrected chi connectivity index (χ4v) is 6.14. The topological polar surface area (TPSA) is 78.9 Å². The van der Waals surface area contributed by atoms with E-state index in [1.165, 1.54) is 0 Å². The number of carbonyl (C=O) groups excluding carboxylic acids is 3. The molecule has 6 heteroatoms. The zero-order valence-electron chi connectivity index (χ0n) is 41.6. The molecule has 0 fully saturated rings. The second-order valence-electron chi connectivity index (χ2n) is 16.0. The van der Waals surface area contributed by atoms with Gasteiger partial charge in [-0.1, -0.05) is 211 Å². The summed E-state index contributed by atoms with van der Waals surface area (Å²) in [6.45, 7) is 6.13. The smallest absolute Gasteiger partial charge is 0.306 e. The van der Waals surface area contributed by atoms with E-state index in [0.717, 1.165) is 135 Å². The largest absolute Gasteiger partial charge is 0.462 e. The number of hydrogen-bond donors (Lipinski definition) is 0. The van der Waals surface area contributed by atoms with Crippen molar-refractivity contribution in [3.8, 4) is 0 Å². The Morgan fingerprint density at radius 1 is 0.318 bits per heavy atom. The van der Waals surface area contributed by atoms with E-state index in [9.17, 15) is 14.4 Å². The van der Waals surface area contributed by atoms with Gasteiger partial charge in [-0.15, -0.1) is 0 Å². The molecule has 0 N–H and O–H groups in total. The van der Waals surface area contributed by atoms with Crippen molar-refractivity contribution in [1.29, 1.82) is 0 Å². The fraction of sp³-hybridized carbons (Fsp3) is 0.517. The molecule has 0 rings (SSSR count). The normalized spacial score (nSPS) is 13.4. The van der Waals surface area contributed by atoms with Crippen molar-refractivity contribution in [2.75, 3.05) is 13.2 Å². The third-order valence-electron chi connectivity index (χ3n) is 9.87. The summed E-state index contributed by atoms with van der Waals surface area (Å²) in [7, 11) is 0. The molecule has 1 atom stereocenters. The van der Waals surface area contributed by atoms with Gasteiger partial charge in [0.2, 0.25) is 0 Å². The van der Waals surface area contributed by atoms with Crippen LogP contribution in [0.4, 0.5) is 0 Å². The number of unbranched alkanes of at least 4 members (excludes halogenated alkanes) is 9. The maximum absolute atomic E-state index is 12.8. The van der Waals surface area contributed by atoms with Crippen LogP contribution in [-0.2, 0) is 28.6 Å². The molecule has 0 aliphatic rings. The molecule has 0 aromatic rings. The monoisotopic (exact) mass is 907 g/mol. The number of ether oxygens (including phenoxy) is 3. The van der Waals surface area contributed by atoms with Gasteiger partial charge in [0.15, 0.2) is 6.10 Å². The zero-order chi connectivity index (χ0) is 47.9. The number of esters is 3. The SMILES string of the molecule is CC\C=C/C=C\C=C/C=C\CCCCCCCC(=O)OC(COC(=O)CC/C=C\C/C=C\C/C=C\C/C=C\C/C=C\C/C=C\CC)COC(=O)CCCCCC/C=C\C/C=C\C/C=C\CC. The summed E-state index contributed by atoms with van der Waals surface area (Å²) in [6, 6.07) is 0. The lowest BCUT2D eigenvalue weighted by Crippen LogP contribution is -2.30. The molecule has 0 aromatic heterocycles. The molecule has 66 heavy (non-hydrogen) atoms. The molecule has 0 saturated carbocycles. The first-order valence-corrected chi connectivity index (χ1v) is 25.5. The van der Waals surface area contributed by atoms with Crippen LogP contribution in [0.25, 0.3) is 0 Å². The summed E-state index contributed by atoms with van der Waals surface area (Å²) < 4.78 is 16.7. The highest BCUT2D eigenvalue weighted by Gasteiger charge is 2.19. The van der Waals surface area contributed by atoms with Crippen molar-refractivity contribution < 1.29 is 28.6 Å². The highest BCUT2D eigenvalue weighted by molar-refractivity contribution is 5.71. The standard InChI is InChI=1S/C60H90O6/c1-4-7-10-13-16-19-22-25-28-29-30-31-33-35-38-41-44-47-50-53-59(62)65-56-57(55-64-58(61)52-49-46-43-40-37-34-27-24-21-18-15-12-9-6-3)66-60(63)54-51-48-45-42-39-36-32-26-23-20-17-14-11-8-5-2/h7-12,14,16-21,23,25-28,30-32,34-35,38,44,47,57H,4-6,13,15,22,24,29,33,36-37,39-43,45-46,48-56H2,1-3H3/b10-7-,11-8-,12-9-,17-14-,19-16-,21-18-,23-20-,28-25-,31-30-,32-26-,34-27-,38-35-,47-44-. The van der Waals surface area contributed by atoms with Gasteiger partial charge in [-0.25, -0.2) is 0 Å². The number of hydrogen-bond acceptors (Lipinski definition) is 6. The summed E-state index contributed by atoms with van der Waals surface area (Å²) in [6.07, 6.45) is 76.6. The van der Waals surface area contributed by atoms with Crippen LogP contribution in [0.15, 0.2) is 158 Å². The van der Waals surface area contributed by atoms with Crippen molar-refractivity contribution >= 4 is 17.9 Å². The summed E-state index contributed by atoms with van der Waals surface area (Å²) in [4.78, 5) is 38.0. The first-order chi connectivity index (χ1) is 32.5. The van der Waals surface area contributed by atoms with Crippen molar-refractivity contribution in [3.05, 3.63) is 158 Å². The Kier molecular flexibility index (Phi) is 48.7. The highest BCUT2D eigenvalue weighted by atomic mass is 16.6. The molecule has 0 aromatic carbocycles. The highest BCUT2D eigenvalue weighted by Crippen LogP contribution is 2.11. The Balaban J connectivity index is 4.62. The van der Waals surface area contributed by atoms with E-state index >= 15 is 0 Å². The third kappa shape index (κ3) is 50.0. The molecule has 0 spiro atoms. The van der Waals surface area contributed by atoms with E-state index in [1.54, 1.807) is 0 Å². The van der Waals surface area contributed by atoms with Crippen LogP contribution in [0.3, 0.4) is 0 Å². The minimum Gasteiger partial charge on any atom is -0.462 e. The van der Waals surface area contributed by atoms with Crippen LogP contribution in [0.1, 0.15) is 181 Å². The molecule has 0 amide bonds. The van der Waals surface area contributed by atoms with Crippen LogP contribution >= 0.6 is 0 Å². The quantitative estimate of drug-likeness (QED) is 0.0199. The summed E-state index contributed by atoms with van der Waals surface area (Å²) >= 11 is 0. The van der Waals surface area contributed by atoms with Gasteiger partial charge in [-0.2, -0.15) is 0 Å². The lowest BCUT2D eigenvalue weighted by Gasteiger charge is -2.18. The summed E-state index contributed by atoms with van der Waals surface area (Å²) in [5.41, 5.74) is 0. The molecule has 366 valence electrons. The Morgan fingerprint density at radius 2 is 0.652 bits per heavy atom. The molecular weight excluding hydrogens is 817 g/mol. The van der Waals surface area contributed by atoms with Crippen LogP contribution in [0.2, 0.25) is 0 Å². The molecule has 0 saturated heterocycles. The molecule has 0 radical (unpaired) electrons. The average Bonchev–Trinajstić information content (AvgIpc) is 3.31. The predicted octanol–water partition coefficient (Wildman–Crippen LogP) is 17.0. The second-order valence-corrected chi connectivity index (χ2v) is 16.0. The van der Waals surface area contributed by atoms with Crippen LogP contribution < -0.4 is 0 Å². The van der Waals surface area contributed by atoms with E-state index in [-0.39, 0.29) is 44.0 Å². The molecule has 0 aliphatic carbocycles. The van der Waals surface area contributed by atoms with E-state index < -0.39 is 6.10 Å². The first kappa shape index (κ1) is 61.0. The van der Waals surface area contributed by atoms with Gasteiger partial charge >= 0.3 is 17.9 Å². The fourth-order valence-electron chi connectivity index (χ4n) is 6.14. The first-order valence-electron chi connectivity index (χ1n) is 25.5. The minimum absolute atomic E-state index is 0.131. The van der Waals surface area contributed by atoms with Gasteiger partial charge in [0.25, 0.3) is 0 Å². The predicted molar refractivity (Wildman–Crippen MR) is 283 cm³/mol. The number of allylic oxidation sites excluding steroid dienone is 26. The van der Waals surface area contributed by atoms with Crippen LogP contribution in [0.5, 0.6) is 0 Å². The second kappa shape index (κ2) is 52.7. The lowest BCUT2D eigenvalue weighted by molar-refractivity contribution is -0.166. The van der Waals surface area contributed by atoms with Crippen molar-refractivity contribution in [3.63, 3.8) is 0 Å². The Bertz CT molecular complexity index is 1560.